The Hall–Kier alpha value is -2.54. The summed E-state index contributed by atoms with van der Waals surface area (Å²) in [5.41, 5.74) is 5.18. The third-order valence-electron chi connectivity index (χ3n) is 4.81. The summed E-state index contributed by atoms with van der Waals surface area (Å²) in [6, 6.07) is 10.3. The number of aromatic nitrogens is 3. The molecule has 2 aromatic heterocycles. The van der Waals surface area contributed by atoms with Gasteiger partial charge in [-0.05, 0) is 37.5 Å². The SMILES string of the molecule is CCCSc1cc(N2CCCCC2)nc(N/N=C/c2c[nH]c3ccccc23)n1. The number of hydrogen-bond acceptors (Lipinski definition) is 6. The molecule has 2 N–H and O–H groups in total. The van der Waals surface area contributed by atoms with Crippen LogP contribution in [0.2, 0.25) is 0 Å². The van der Waals surface area contributed by atoms with Gasteiger partial charge in [-0.1, -0.05) is 25.1 Å². The second kappa shape index (κ2) is 9.10. The summed E-state index contributed by atoms with van der Waals surface area (Å²) in [7, 11) is 0. The molecule has 0 bridgehead atoms. The molecule has 0 saturated carbocycles. The summed E-state index contributed by atoms with van der Waals surface area (Å²) in [6.07, 6.45) is 8.65. The van der Waals surface area contributed by atoms with E-state index in [0.717, 1.165) is 52.6 Å². The van der Waals surface area contributed by atoms with Gasteiger partial charge in [-0.3, -0.25) is 0 Å². The molecular weight excluding hydrogens is 368 g/mol. The number of hydrogen-bond donors (Lipinski definition) is 2. The highest BCUT2D eigenvalue weighted by Crippen LogP contribution is 2.25. The summed E-state index contributed by atoms with van der Waals surface area (Å²) in [5.74, 6) is 2.60. The van der Waals surface area contributed by atoms with Crippen LogP contribution in [-0.2, 0) is 0 Å². The minimum absolute atomic E-state index is 0.553. The fraction of sp³-hybridized carbons (Fsp3) is 0.381. The predicted octanol–water partition coefficient (Wildman–Crippen LogP) is 4.90. The van der Waals surface area contributed by atoms with E-state index in [0.29, 0.717) is 5.95 Å². The van der Waals surface area contributed by atoms with Gasteiger partial charge in [-0.15, -0.1) is 11.8 Å². The first-order valence-electron chi connectivity index (χ1n) is 9.95. The number of para-hydroxylation sites is 1. The summed E-state index contributed by atoms with van der Waals surface area (Å²) in [4.78, 5) is 15.0. The maximum atomic E-state index is 4.72. The molecule has 1 fully saturated rings. The van der Waals surface area contributed by atoms with Crippen LogP contribution < -0.4 is 10.3 Å². The van der Waals surface area contributed by atoms with Crippen molar-refractivity contribution in [3.63, 3.8) is 0 Å². The molecule has 0 aliphatic carbocycles. The Morgan fingerprint density at radius 2 is 2.07 bits per heavy atom. The van der Waals surface area contributed by atoms with E-state index in [1.165, 1.54) is 19.3 Å². The van der Waals surface area contributed by atoms with Gasteiger partial charge in [0.1, 0.15) is 10.8 Å². The smallest absolute Gasteiger partial charge is 0.246 e. The first-order chi connectivity index (χ1) is 13.8. The van der Waals surface area contributed by atoms with Gasteiger partial charge in [-0.25, -0.2) is 10.4 Å². The highest BCUT2D eigenvalue weighted by atomic mass is 32.2. The van der Waals surface area contributed by atoms with Crippen LogP contribution in [0.15, 0.2) is 46.7 Å². The van der Waals surface area contributed by atoms with Gasteiger partial charge in [-0.2, -0.15) is 10.1 Å². The molecule has 0 unspecified atom stereocenters. The fourth-order valence-corrected chi connectivity index (χ4v) is 4.14. The molecule has 4 rings (SSSR count). The first-order valence-corrected chi connectivity index (χ1v) is 10.9. The van der Waals surface area contributed by atoms with Crippen LogP contribution in [0.3, 0.4) is 0 Å². The average molecular weight is 395 g/mol. The summed E-state index contributed by atoms with van der Waals surface area (Å²) < 4.78 is 0. The number of hydrazone groups is 1. The number of nitrogens with zero attached hydrogens (tertiary/aromatic N) is 4. The van der Waals surface area contributed by atoms with Crippen LogP contribution in [0, 0.1) is 0 Å². The maximum Gasteiger partial charge on any atom is 0.246 e. The van der Waals surface area contributed by atoms with E-state index in [9.17, 15) is 0 Å². The molecule has 1 saturated heterocycles. The van der Waals surface area contributed by atoms with Crippen molar-refractivity contribution in [2.75, 3.05) is 29.2 Å². The lowest BCUT2D eigenvalue weighted by molar-refractivity contribution is 0.572. The molecule has 3 aromatic rings. The Bertz CT molecular complexity index is 945. The largest absolute Gasteiger partial charge is 0.361 e. The van der Waals surface area contributed by atoms with E-state index in [4.69, 9.17) is 4.98 Å². The molecule has 1 aliphatic heterocycles. The van der Waals surface area contributed by atoms with Gasteiger partial charge in [0.2, 0.25) is 5.95 Å². The molecular formula is C21H26N6S. The minimum atomic E-state index is 0.553. The minimum Gasteiger partial charge on any atom is -0.361 e. The molecule has 6 nitrogen and oxygen atoms in total. The number of anilines is 2. The third-order valence-corrected chi connectivity index (χ3v) is 5.93. The molecule has 146 valence electrons. The molecule has 1 aromatic carbocycles. The Balaban J connectivity index is 1.53. The number of piperidine rings is 1. The highest BCUT2D eigenvalue weighted by molar-refractivity contribution is 7.99. The van der Waals surface area contributed by atoms with Gasteiger partial charge < -0.3 is 9.88 Å². The van der Waals surface area contributed by atoms with Gasteiger partial charge in [0, 0.05) is 41.8 Å². The fourth-order valence-electron chi connectivity index (χ4n) is 3.39. The predicted molar refractivity (Wildman–Crippen MR) is 119 cm³/mol. The first kappa shape index (κ1) is 18.8. The Morgan fingerprint density at radius 3 is 2.93 bits per heavy atom. The van der Waals surface area contributed by atoms with Crippen molar-refractivity contribution >= 4 is 40.6 Å². The lowest BCUT2D eigenvalue weighted by Gasteiger charge is -2.28. The van der Waals surface area contributed by atoms with Crippen LogP contribution >= 0.6 is 11.8 Å². The summed E-state index contributed by atoms with van der Waals surface area (Å²) in [6.45, 7) is 4.31. The van der Waals surface area contributed by atoms with Crippen LogP contribution in [-0.4, -0.2) is 40.0 Å². The molecule has 0 spiro atoms. The van der Waals surface area contributed by atoms with E-state index in [2.05, 4.69) is 50.5 Å². The molecule has 3 heterocycles. The Morgan fingerprint density at radius 1 is 1.21 bits per heavy atom. The molecule has 0 atom stereocenters. The van der Waals surface area contributed by atoms with E-state index >= 15 is 0 Å². The summed E-state index contributed by atoms with van der Waals surface area (Å²) >= 11 is 1.77. The van der Waals surface area contributed by atoms with E-state index in [1.807, 2.05) is 24.5 Å². The molecule has 7 heteroatoms. The van der Waals surface area contributed by atoms with Crippen molar-refractivity contribution in [3.05, 3.63) is 42.1 Å². The van der Waals surface area contributed by atoms with Crippen molar-refractivity contribution in [3.8, 4) is 0 Å². The van der Waals surface area contributed by atoms with E-state index in [1.54, 1.807) is 11.8 Å². The quantitative estimate of drug-likeness (QED) is 0.258. The zero-order valence-corrected chi connectivity index (χ0v) is 17.0. The lowest BCUT2D eigenvalue weighted by atomic mass is 10.1. The van der Waals surface area contributed by atoms with Crippen LogP contribution in [0.1, 0.15) is 38.2 Å². The second-order valence-corrected chi connectivity index (χ2v) is 8.06. The number of fused-ring (bicyclic) bond motifs is 1. The van der Waals surface area contributed by atoms with E-state index in [-0.39, 0.29) is 0 Å². The van der Waals surface area contributed by atoms with Gasteiger partial charge in [0.25, 0.3) is 0 Å². The number of H-pyrrole nitrogens is 1. The number of thioether (sulfide) groups is 1. The molecule has 28 heavy (non-hydrogen) atoms. The van der Waals surface area contributed by atoms with Crippen molar-refractivity contribution in [1.82, 2.24) is 15.0 Å². The third kappa shape index (κ3) is 4.47. The maximum absolute atomic E-state index is 4.72. The van der Waals surface area contributed by atoms with Gasteiger partial charge >= 0.3 is 0 Å². The number of aromatic amines is 1. The van der Waals surface area contributed by atoms with Crippen molar-refractivity contribution in [2.24, 2.45) is 5.10 Å². The second-order valence-electron chi connectivity index (χ2n) is 6.94. The lowest BCUT2D eigenvalue weighted by Crippen LogP contribution is -2.30. The van der Waals surface area contributed by atoms with Crippen molar-refractivity contribution in [2.45, 2.75) is 37.6 Å². The summed E-state index contributed by atoms with van der Waals surface area (Å²) in [5, 5.41) is 6.54. The Kier molecular flexibility index (Phi) is 6.11. The normalized spacial score (nSPS) is 14.8. The van der Waals surface area contributed by atoms with Crippen LogP contribution in [0.25, 0.3) is 10.9 Å². The number of rotatable bonds is 7. The van der Waals surface area contributed by atoms with Crippen LogP contribution in [0.4, 0.5) is 11.8 Å². The van der Waals surface area contributed by atoms with Gasteiger partial charge in [0.05, 0.1) is 6.21 Å². The number of nitrogens with one attached hydrogen (secondary N) is 2. The number of benzene rings is 1. The monoisotopic (exact) mass is 394 g/mol. The zero-order chi connectivity index (χ0) is 19.2. The van der Waals surface area contributed by atoms with Gasteiger partial charge in [0.15, 0.2) is 0 Å². The van der Waals surface area contributed by atoms with Crippen LogP contribution in [0.5, 0.6) is 0 Å². The average Bonchev–Trinajstić information content (AvgIpc) is 3.16. The molecule has 0 radical (unpaired) electrons. The standard InChI is InChI=1S/C21H26N6S/c1-2-12-28-20-13-19(27-10-6-3-7-11-27)24-21(25-20)26-23-15-16-14-22-18-9-5-4-8-17(16)18/h4-5,8-9,13-15,22H,2-3,6-7,10-12H2,1H3,(H,24,25,26)/b23-15+. The van der Waals surface area contributed by atoms with E-state index < -0.39 is 0 Å². The molecule has 1 aliphatic rings. The molecule has 0 amide bonds. The van der Waals surface area contributed by atoms with Crippen molar-refractivity contribution < 1.29 is 0 Å². The topological polar surface area (TPSA) is 69.2 Å². The van der Waals surface area contributed by atoms with Crippen molar-refractivity contribution in [1.29, 1.82) is 0 Å². The Labute approximate surface area is 169 Å². The zero-order valence-electron chi connectivity index (χ0n) is 16.2. The highest BCUT2D eigenvalue weighted by Gasteiger charge is 2.15.